The van der Waals surface area contributed by atoms with Gasteiger partial charge in [-0.1, -0.05) is 54.9 Å². The van der Waals surface area contributed by atoms with E-state index < -0.39 is 0 Å². The second kappa shape index (κ2) is 5.45. The summed E-state index contributed by atoms with van der Waals surface area (Å²) in [5, 5.41) is 0. The van der Waals surface area contributed by atoms with Gasteiger partial charge in [-0.3, -0.25) is 0 Å². The highest BCUT2D eigenvalue weighted by atomic mass is 32.2. The molecule has 2 heterocycles. The van der Waals surface area contributed by atoms with E-state index in [-0.39, 0.29) is 5.41 Å². The fourth-order valence-corrected chi connectivity index (χ4v) is 5.15. The standard InChI is InChI=1S/C21H21N2S/c1-14-9-10-18-20(19(14)16-11-12-22-13-23(16)4)21(2,3)15-7-5-6-8-17(15)24-18/h5-13H,1-4H3/q+1. The first kappa shape index (κ1) is 15.4. The van der Waals surface area contributed by atoms with Crippen LogP contribution in [0.1, 0.15) is 30.5 Å². The van der Waals surface area contributed by atoms with Crippen LogP contribution in [0.25, 0.3) is 11.3 Å². The van der Waals surface area contributed by atoms with Crippen molar-refractivity contribution in [2.45, 2.75) is 36.0 Å². The average molecular weight is 333 g/mol. The van der Waals surface area contributed by atoms with E-state index >= 15 is 0 Å². The lowest BCUT2D eigenvalue weighted by Crippen LogP contribution is -2.33. The van der Waals surface area contributed by atoms with Crippen LogP contribution in [0.15, 0.2) is 64.8 Å². The molecule has 3 heteroatoms. The molecule has 2 nitrogen and oxygen atoms in total. The SMILES string of the molecule is Cc1ccc2c(c1-c1ccnc[n+]1C)C(C)(C)c1ccccc1S2. The monoisotopic (exact) mass is 333 g/mol. The molecule has 0 radical (unpaired) electrons. The number of fused-ring (bicyclic) bond motifs is 2. The molecular formula is C21H21N2S+. The molecule has 1 aliphatic rings. The first-order valence-corrected chi connectivity index (χ1v) is 9.03. The van der Waals surface area contributed by atoms with Crippen LogP contribution in [0.3, 0.4) is 0 Å². The molecule has 0 saturated heterocycles. The van der Waals surface area contributed by atoms with Crippen molar-refractivity contribution in [2.75, 3.05) is 0 Å². The minimum absolute atomic E-state index is 0.0329. The fourth-order valence-electron chi connectivity index (χ4n) is 3.74. The van der Waals surface area contributed by atoms with Crippen molar-refractivity contribution >= 4 is 11.8 Å². The van der Waals surface area contributed by atoms with Gasteiger partial charge in [0.2, 0.25) is 0 Å². The lowest BCUT2D eigenvalue weighted by Gasteiger charge is -2.36. The maximum absolute atomic E-state index is 4.24. The van der Waals surface area contributed by atoms with Gasteiger partial charge in [-0.2, -0.15) is 0 Å². The van der Waals surface area contributed by atoms with E-state index in [2.05, 4.69) is 79.8 Å². The van der Waals surface area contributed by atoms with E-state index in [1.807, 2.05) is 24.3 Å². The highest BCUT2D eigenvalue weighted by Crippen LogP contribution is 2.52. The number of benzene rings is 2. The molecule has 0 saturated carbocycles. The van der Waals surface area contributed by atoms with Gasteiger partial charge in [0.15, 0.2) is 0 Å². The minimum Gasteiger partial charge on any atom is -0.233 e. The Morgan fingerprint density at radius 2 is 1.79 bits per heavy atom. The number of rotatable bonds is 1. The lowest BCUT2D eigenvalue weighted by molar-refractivity contribution is -0.663. The predicted molar refractivity (Wildman–Crippen MR) is 98.3 cm³/mol. The predicted octanol–water partition coefficient (Wildman–Crippen LogP) is 4.67. The molecule has 0 amide bonds. The molecule has 24 heavy (non-hydrogen) atoms. The molecule has 1 aliphatic heterocycles. The Labute approximate surface area is 147 Å². The van der Waals surface area contributed by atoms with Crippen LogP contribution < -0.4 is 4.57 Å². The molecule has 0 atom stereocenters. The second-order valence-corrected chi connectivity index (χ2v) is 8.01. The molecule has 4 rings (SSSR count). The third-order valence-electron chi connectivity index (χ3n) is 4.98. The van der Waals surface area contributed by atoms with Gasteiger partial charge < -0.3 is 0 Å². The average Bonchev–Trinajstić information content (AvgIpc) is 2.56. The van der Waals surface area contributed by atoms with Crippen molar-refractivity contribution in [1.29, 1.82) is 0 Å². The van der Waals surface area contributed by atoms with Gasteiger partial charge in [-0.05, 0) is 35.7 Å². The topological polar surface area (TPSA) is 16.8 Å². The molecule has 0 bridgehead atoms. The molecule has 3 aromatic rings. The van der Waals surface area contributed by atoms with Crippen molar-refractivity contribution in [3.8, 4) is 11.3 Å². The van der Waals surface area contributed by atoms with E-state index in [1.165, 1.54) is 37.7 Å². The molecule has 0 aliphatic carbocycles. The Balaban J connectivity index is 2.06. The maximum atomic E-state index is 4.24. The third-order valence-corrected chi connectivity index (χ3v) is 6.11. The van der Waals surface area contributed by atoms with Crippen molar-refractivity contribution in [1.82, 2.24) is 4.98 Å². The highest BCUT2D eigenvalue weighted by Gasteiger charge is 2.36. The summed E-state index contributed by atoms with van der Waals surface area (Å²) in [6, 6.07) is 15.4. The number of nitrogens with zero attached hydrogens (tertiary/aromatic N) is 2. The van der Waals surface area contributed by atoms with Crippen molar-refractivity contribution in [3.05, 3.63) is 71.7 Å². The summed E-state index contributed by atoms with van der Waals surface area (Å²) < 4.78 is 2.11. The molecule has 2 aromatic carbocycles. The summed E-state index contributed by atoms with van der Waals surface area (Å²) in [4.78, 5) is 6.96. The highest BCUT2D eigenvalue weighted by molar-refractivity contribution is 7.99. The van der Waals surface area contributed by atoms with Crippen molar-refractivity contribution in [2.24, 2.45) is 7.05 Å². The van der Waals surface area contributed by atoms with Crippen LogP contribution in [-0.2, 0) is 12.5 Å². The zero-order valence-electron chi connectivity index (χ0n) is 14.5. The van der Waals surface area contributed by atoms with Crippen LogP contribution in [0, 0.1) is 6.92 Å². The lowest BCUT2D eigenvalue weighted by atomic mass is 9.74. The van der Waals surface area contributed by atoms with Crippen LogP contribution >= 0.6 is 11.8 Å². The minimum atomic E-state index is -0.0329. The van der Waals surface area contributed by atoms with Crippen LogP contribution in [0.4, 0.5) is 0 Å². The Morgan fingerprint density at radius 1 is 1.00 bits per heavy atom. The molecular weight excluding hydrogens is 312 g/mol. The van der Waals surface area contributed by atoms with Crippen LogP contribution in [-0.4, -0.2) is 4.98 Å². The van der Waals surface area contributed by atoms with E-state index in [9.17, 15) is 0 Å². The quantitative estimate of drug-likeness (QED) is 0.602. The normalized spacial score (nSPS) is 14.8. The zero-order valence-corrected chi connectivity index (χ0v) is 15.3. The number of aromatic nitrogens is 2. The van der Waals surface area contributed by atoms with Gasteiger partial charge in [0, 0.05) is 26.8 Å². The van der Waals surface area contributed by atoms with Gasteiger partial charge >= 0.3 is 0 Å². The van der Waals surface area contributed by atoms with Gasteiger partial charge in [-0.25, -0.2) is 4.57 Å². The third kappa shape index (κ3) is 2.19. The fraction of sp³-hybridized carbons (Fsp3) is 0.238. The van der Waals surface area contributed by atoms with E-state index in [4.69, 9.17) is 0 Å². The molecule has 0 fully saturated rings. The van der Waals surface area contributed by atoms with Crippen LogP contribution in [0.5, 0.6) is 0 Å². The molecule has 0 spiro atoms. The summed E-state index contributed by atoms with van der Waals surface area (Å²) in [7, 11) is 2.07. The first-order chi connectivity index (χ1) is 11.5. The van der Waals surface area contributed by atoms with Crippen LogP contribution in [0.2, 0.25) is 0 Å². The number of aryl methyl sites for hydroxylation is 2. The smallest absolute Gasteiger partial charge is 0.233 e. The summed E-state index contributed by atoms with van der Waals surface area (Å²) >= 11 is 1.88. The van der Waals surface area contributed by atoms with Gasteiger partial charge in [0.1, 0.15) is 11.9 Å². The van der Waals surface area contributed by atoms with Gasteiger partial charge in [0.05, 0.1) is 7.05 Å². The Morgan fingerprint density at radius 3 is 2.58 bits per heavy atom. The summed E-state index contributed by atoms with van der Waals surface area (Å²) in [6.45, 7) is 6.89. The van der Waals surface area contributed by atoms with Crippen molar-refractivity contribution in [3.63, 3.8) is 0 Å². The molecule has 1 aromatic heterocycles. The summed E-state index contributed by atoms with van der Waals surface area (Å²) in [5.74, 6) is 0. The Hall–Kier alpha value is -2.13. The summed E-state index contributed by atoms with van der Waals surface area (Å²) in [5.41, 5.74) is 6.66. The first-order valence-electron chi connectivity index (χ1n) is 8.21. The number of hydrogen-bond acceptors (Lipinski definition) is 2. The Kier molecular flexibility index (Phi) is 3.50. The Bertz CT molecular complexity index is 944. The largest absolute Gasteiger partial charge is 0.286 e. The van der Waals surface area contributed by atoms with E-state index in [1.54, 1.807) is 0 Å². The summed E-state index contributed by atoms with van der Waals surface area (Å²) in [6.07, 6.45) is 3.76. The zero-order chi connectivity index (χ0) is 16.9. The van der Waals surface area contributed by atoms with Crippen molar-refractivity contribution < 1.29 is 4.57 Å². The van der Waals surface area contributed by atoms with Gasteiger partial charge in [-0.15, -0.1) is 0 Å². The van der Waals surface area contributed by atoms with E-state index in [0.29, 0.717) is 0 Å². The second-order valence-electron chi connectivity index (χ2n) is 6.93. The van der Waals surface area contributed by atoms with E-state index in [0.717, 1.165) is 0 Å². The molecule has 0 N–H and O–H groups in total. The van der Waals surface area contributed by atoms with Gasteiger partial charge in [0.25, 0.3) is 6.33 Å². The molecule has 120 valence electrons. The maximum Gasteiger partial charge on any atom is 0.286 e. The number of hydrogen-bond donors (Lipinski definition) is 0. The molecule has 0 unspecified atom stereocenters.